The maximum atomic E-state index is 14.7. The summed E-state index contributed by atoms with van der Waals surface area (Å²) in [6.07, 6.45) is 3.85. The smallest absolute Gasteiger partial charge is 0.166 e. The summed E-state index contributed by atoms with van der Waals surface area (Å²) in [5, 5.41) is 9.61. The van der Waals surface area contributed by atoms with E-state index in [0.717, 1.165) is 16.7 Å². The number of ether oxygens (including phenoxy) is 1. The highest BCUT2D eigenvalue weighted by Crippen LogP contribution is 2.31. The number of aliphatic hydroxyl groups excluding tert-OH is 1. The minimum Gasteiger partial charge on any atom is -0.494 e. The molecule has 1 unspecified atom stereocenters. The van der Waals surface area contributed by atoms with Gasteiger partial charge in [0.15, 0.2) is 11.6 Å². The van der Waals surface area contributed by atoms with Crippen LogP contribution in [-0.4, -0.2) is 17.8 Å². The lowest BCUT2D eigenvalue weighted by Crippen LogP contribution is -2.11. The van der Waals surface area contributed by atoms with Gasteiger partial charge in [0.05, 0.1) is 12.7 Å². The van der Waals surface area contributed by atoms with Crippen LogP contribution in [0.3, 0.4) is 0 Å². The van der Waals surface area contributed by atoms with Crippen LogP contribution in [0.1, 0.15) is 42.9 Å². The van der Waals surface area contributed by atoms with E-state index in [2.05, 4.69) is 0 Å². The fraction of sp³-hybridized carbons (Fsp3) is 0.286. The summed E-state index contributed by atoms with van der Waals surface area (Å²) in [7, 11) is 0. The number of benzene rings is 3. The Morgan fingerprint density at radius 2 is 1.67 bits per heavy atom. The summed E-state index contributed by atoms with van der Waals surface area (Å²) in [6, 6.07) is 15.5. The highest BCUT2D eigenvalue weighted by Gasteiger charge is 2.19. The van der Waals surface area contributed by atoms with Gasteiger partial charge in [-0.15, -0.1) is 0 Å². The fourth-order valence-corrected chi connectivity index (χ4v) is 4.21. The molecule has 2 nitrogen and oxygen atoms in total. The third-order valence-corrected chi connectivity index (χ3v) is 6.09. The standard InChI is InChI=1S/C28H27F3O2/c1-2-33-23-14-16-24(26(29)17-23)19-6-3-18(4-7-19)5-8-21-11-15-25(28(31)27(21)30)20-9-12-22(32)13-10-20/h3-4,6-7,9,11,14-17,22,32H,2,5,8,10,12-13H2,1H3. The molecule has 0 radical (unpaired) electrons. The van der Waals surface area contributed by atoms with Gasteiger partial charge in [0.1, 0.15) is 11.6 Å². The first-order valence-corrected chi connectivity index (χ1v) is 11.3. The van der Waals surface area contributed by atoms with Crippen LogP contribution in [0.2, 0.25) is 0 Å². The Balaban J connectivity index is 1.44. The van der Waals surface area contributed by atoms with Crippen molar-refractivity contribution in [2.24, 2.45) is 0 Å². The van der Waals surface area contributed by atoms with Crippen molar-refractivity contribution in [3.63, 3.8) is 0 Å². The lowest BCUT2D eigenvalue weighted by Gasteiger charge is -2.18. The Kier molecular flexibility index (Phi) is 7.19. The van der Waals surface area contributed by atoms with E-state index < -0.39 is 17.7 Å². The molecule has 33 heavy (non-hydrogen) atoms. The molecular weight excluding hydrogens is 425 g/mol. The van der Waals surface area contributed by atoms with Crippen molar-refractivity contribution in [1.82, 2.24) is 0 Å². The molecule has 3 aromatic rings. The van der Waals surface area contributed by atoms with Crippen LogP contribution in [0.15, 0.2) is 60.7 Å². The van der Waals surface area contributed by atoms with Gasteiger partial charge in [0.2, 0.25) is 0 Å². The number of rotatable bonds is 7. The SMILES string of the molecule is CCOc1ccc(-c2ccc(CCc3ccc(C4=CCC(O)CC4)c(F)c3F)cc2)c(F)c1. The fourth-order valence-electron chi connectivity index (χ4n) is 4.21. The molecule has 3 aromatic carbocycles. The van der Waals surface area contributed by atoms with Gasteiger partial charge < -0.3 is 9.84 Å². The average Bonchev–Trinajstić information content (AvgIpc) is 2.82. The van der Waals surface area contributed by atoms with Crippen LogP contribution in [-0.2, 0) is 12.8 Å². The molecule has 4 rings (SSSR count). The number of halogens is 3. The van der Waals surface area contributed by atoms with Crippen LogP contribution in [0, 0.1) is 17.5 Å². The molecule has 0 amide bonds. The number of aliphatic hydroxyl groups is 1. The predicted octanol–water partition coefficient (Wildman–Crippen LogP) is 6.88. The minimum atomic E-state index is -0.823. The minimum absolute atomic E-state index is 0.282. The molecule has 0 saturated carbocycles. The Morgan fingerprint density at radius 1 is 0.909 bits per heavy atom. The van der Waals surface area contributed by atoms with Crippen LogP contribution in [0.4, 0.5) is 13.2 Å². The van der Waals surface area contributed by atoms with Gasteiger partial charge in [-0.3, -0.25) is 0 Å². The molecule has 172 valence electrons. The first-order valence-electron chi connectivity index (χ1n) is 11.3. The topological polar surface area (TPSA) is 29.5 Å². The van der Waals surface area contributed by atoms with Crippen LogP contribution < -0.4 is 4.74 Å². The van der Waals surface area contributed by atoms with Crippen molar-refractivity contribution in [2.45, 2.75) is 45.1 Å². The molecular formula is C28H27F3O2. The summed E-state index contributed by atoms with van der Waals surface area (Å²) in [5.74, 6) is -1.49. The van der Waals surface area contributed by atoms with Crippen LogP contribution in [0.25, 0.3) is 16.7 Å². The summed E-state index contributed by atoms with van der Waals surface area (Å²) in [4.78, 5) is 0. The molecule has 1 aliphatic rings. The summed E-state index contributed by atoms with van der Waals surface area (Å²) >= 11 is 0. The monoisotopic (exact) mass is 452 g/mol. The largest absolute Gasteiger partial charge is 0.494 e. The summed E-state index contributed by atoms with van der Waals surface area (Å²) < 4.78 is 49.2. The highest BCUT2D eigenvalue weighted by atomic mass is 19.2. The summed E-state index contributed by atoms with van der Waals surface area (Å²) in [5.41, 5.74) is 3.54. The van der Waals surface area contributed by atoms with Crippen molar-refractivity contribution in [1.29, 1.82) is 0 Å². The molecule has 0 aromatic heterocycles. The lowest BCUT2D eigenvalue weighted by molar-refractivity contribution is 0.166. The van der Waals surface area contributed by atoms with Gasteiger partial charge in [-0.1, -0.05) is 42.5 Å². The van der Waals surface area contributed by atoms with Gasteiger partial charge >= 0.3 is 0 Å². The normalized spacial score (nSPS) is 15.9. The van der Waals surface area contributed by atoms with Crippen molar-refractivity contribution < 1.29 is 23.0 Å². The van der Waals surface area contributed by atoms with Crippen LogP contribution >= 0.6 is 0 Å². The number of aryl methyl sites for hydroxylation is 2. The second kappa shape index (κ2) is 10.3. The molecule has 0 spiro atoms. The zero-order valence-corrected chi connectivity index (χ0v) is 18.6. The molecule has 1 aliphatic carbocycles. The van der Waals surface area contributed by atoms with Crippen molar-refractivity contribution in [3.8, 4) is 16.9 Å². The molecule has 0 heterocycles. The van der Waals surface area contributed by atoms with E-state index in [1.807, 2.05) is 31.2 Å². The van der Waals surface area contributed by atoms with Gasteiger partial charge in [-0.25, -0.2) is 13.2 Å². The quantitative estimate of drug-likeness (QED) is 0.423. The second-order valence-electron chi connectivity index (χ2n) is 8.33. The van der Waals surface area contributed by atoms with Crippen molar-refractivity contribution in [3.05, 3.63) is 94.8 Å². The molecule has 0 fully saturated rings. The number of allylic oxidation sites excluding steroid dienone is 1. The first kappa shape index (κ1) is 23.1. The highest BCUT2D eigenvalue weighted by molar-refractivity contribution is 5.67. The zero-order valence-electron chi connectivity index (χ0n) is 18.6. The van der Waals surface area contributed by atoms with Gasteiger partial charge in [0.25, 0.3) is 0 Å². The molecule has 0 bridgehead atoms. The van der Waals surface area contributed by atoms with E-state index in [4.69, 9.17) is 4.74 Å². The Morgan fingerprint density at radius 3 is 2.33 bits per heavy atom. The molecule has 1 atom stereocenters. The predicted molar refractivity (Wildman–Crippen MR) is 125 cm³/mol. The molecule has 0 aliphatic heterocycles. The van der Waals surface area contributed by atoms with E-state index in [1.54, 1.807) is 30.3 Å². The van der Waals surface area contributed by atoms with Gasteiger partial charge in [-0.05, 0) is 73.4 Å². The molecule has 5 heteroatoms. The number of hydrogen-bond donors (Lipinski definition) is 1. The Bertz CT molecular complexity index is 1150. The summed E-state index contributed by atoms with van der Waals surface area (Å²) in [6.45, 7) is 2.32. The Labute approximate surface area is 192 Å². The molecule has 1 N–H and O–H groups in total. The lowest BCUT2D eigenvalue weighted by atomic mass is 9.90. The van der Waals surface area contributed by atoms with E-state index in [9.17, 15) is 18.3 Å². The third kappa shape index (κ3) is 5.31. The average molecular weight is 453 g/mol. The van der Waals surface area contributed by atoms with Crippen molar-refractivity contribution in [2.75, 3.05) is 6.61 Å². The maximum absolute atomic E-state index is 14.7. The van der Waals surface area contributed by atoms with E-state index in [-0.39, 0.29) is 11.4 Å². The first-order chi connectivity index (χ1) is 16.0. The number of hydrogen-bond acceptors (Lipinski definition) is 2. The van der Waals surface area contributed by atoms with Gasteiger partial charge in [-0.2, -0.15) is 0 Å². The van der Waals surface area contributed by atoms with Gasteiger partial charge in [0, 0.05) is 17.2 Å². The third-order valence-electron chi connectivity index (χ3n) is 6.09. The molecule has 0 saturated heterocycles. The van der Waals surface area contributed by atoms with E-state index in [0.29, 0.717) is 55.6 Å². The maximum Gasteiger partial charge on any atom is 0.166 e. The zero-order chi connectivity index (χ0) is 23.4. The van der Waals surface area contributed by atoms with E-state index in [1.165, 1.54) is 6.07 Å². The van der Waals surface area contributed by atoms with E-state index >= 15 is 0 Å². The van der Waals surface area contributed by atoms with Crippen LogP contribution in [0.5, 0.6) is 5.75 Å². The Hall–Kier alpha value is -3.05. The second-order valence-corrected chi connectivity index (χ2v) is 8.33. The van der Waals surface area contributed by atoms with Crippen molar-refractivity contribution >= 4 is 5.57 Å².